The third kappa shape index (κ3) is 6.17. The van der Waals surface area contributed by atoms with E-state index in [2.05, 4.69) is 46.9 Å². The van der Waals surface area contributed by atoms with E-state index in [1.807, 2.05) is 13.0 Å². The van der Waals surface area contributed by atoms with E-state index in [0.29, 0.717) is 0 Å². The first-order chi connectivity index (χ1) is 8.93. The molecule has 0 heterocycles. The zero-order valence-electron chi connectivity index (χ0n) is 10.5. The summed E-state index contributed by atoms with van der Waals surface area (Å²) in [6, 6.07) is 16.4. The van der Waals surface area contributed by atoms with Crippen LogP contribution in [-0.4, -0.2) is 13.0 Å². The third-order valence-corrected chi connectivity index (χ3v) is 4.06. The molecule has 0 amide bonds. The topological polar surface area (TPSA) is 54.4 Å². The molecular formula is C14H15IO3S. The molecule has 2 aromatic rings. The average molecular weight is 390 g/mol. The lowest BCUT2D eigenvalue weighted by molar-refractivity contribution is 0.483. The standard InChI is InChI=1S/C7H7I.C7H8O3S/c8-6-7-4-2-1-3-5-7;1-6-2-4-7(5-3-6)11(8,9)10/h1-5H,6H2;2-5H,1H3,(H,8,9,10). The van der Waals surface area contributed by atoms with Crippen molar-refractivity contribution in [2.75, 3.05) is 0 Å². The Morgan fingerprint density at radius 1 is 1.00 bits per heavy atom. The Hall–Kier alpha value is -0.920. The van der Waals surface area contributed by atoms with Crippen LogP contribution in [0.25, 0.3) is 0 Å². The molecule has 0 atom stereocenters. The molecular weight excluding hydrogens is 375 g/mol. The Labute approximate surface area is 127 Å². The highest BCUT2D eigenvalue weighted by atomic mass is 127. The molecule has 0 bridgehead atoms. The van der Waals surface area contributed by atoms with E-state index < -0.39 is 10.1 Å². The number of halogens is 1. The maximum absolute atomic E-state index is 10.5. The number of alkyl halides is 1. The van der Waals surface area contributed by atoms with Crippen LogP contribution >= 0.6 is 22.6 Å². The van der Waals surface area contributed by atoms with Gasteiger partial charge in [0.2, 0.25) is 0 Å². The molecule has 0 unspecified atom stereocenters. The second-order valence-corrected chi connectivity index (χ2v) is 6.09. The molecule has 0 aliphatic heterocycles. The zero-order valence-corrected chi connectivity index (χ0v) is 13.4. The van der Waals surface area contributed by atoms with Crippen LogP contribution < -0.4 is 0 Å². The van der Waals surface area contributed by atoms with Gasteiger partial charge in [-0.3, -0.25) is 4.55 Å². The molecule has 0 aliphatic rings. The lowest BCUT2D eigenvalue weighted by atomic mass is 10.2. The molecule has 2 rings (SSSR count). The Bertz CT molecular complexity index is 592. The minimum atomic E-state index is -4.02. The van der Waals surface area contributed by atoms with Gasteiger partial charge >= 0.3 is 0 Å². The second-order valence-electron chi connectivity index (χ2n) is 3.91. The van der Waals surface area contributed by atoms with Gasteiger partial charge in [0.1, 0.15) is 0 Å². The smallest absolute Gasteiger partial charge is 0.282 e. The Morgan fingerprint density at radius 2 is 1.53 bits per heavy atom. The van der Waals surface area contributed by atoms with Crippen LogP contribution in [0.1, 0.15) is 11.1 Å². The molecule has 102 valence electrons. The zero-order chi connectivity index (χ0) is 14.3. The van der Waals surface area contributed by atoms with Crippen molar-refractivity contribution in [3.05, 3.63) is 65.7 Å². The minimum absolute atomic E-state index is 0.0666. The summed E-state index contributed by atoms with van der Waals surface area (Å²) in [6.07, 6.45) is 0. The van der Waals surface area contributed by atoms with E-state index in [0.717, 1.165) is 9.99 Å². The third-order valence-electron chi connectivity index (χ3n) is 2.32. The number of benzene rings is 2. The summed E-state index contributed by atoms with van der Waals surface area (Å²) in [4.78, 5) is -0.0666. The summed E-state index contributed by atoms with van der Waals surface area (Å²) in [5.41, 5.74) is 2.35. The molecule has 3 nitrogen and oxygen atoms in total. The fourth-order valence-electron chi connectivity index (χ4n) is 1.28. The van der Waals surface area contributed by atoms with E-state index in [9.17, 15) is 8.42 Å². The summed E-state index contributed by atoms with van der Waals surface area (Å²) in [7, 11) is -4.02. The predicted octanol–water partition coefficient (Wildman–Crippen LogP) is 3.86. The van der Waals surface area contributed by atoms with Gasteiger partial charge in [0.05, 0.1) is 4.90 Å². The number of hydrogen-bond donors (Lipinski definition) is 1. The monoisotopic (exact) mass is 390 g/mol. The fourth-order valence-corrected chi connectivity index (χ4v) is 2.27. The molecule has 2 aromatic carbocycles. The van der Waals surface area contributed by atoms with E-state index in [1.165, 1.54) is 17.7 Å². The maximum atomic E-state index is 10.5. The van der Waals surface area contributed by atoms with Crippen LogP contribution in [0.4, 0.5) is 0 Å². The van der Waals surface area contributed by atoms with Crippen molar-refractivity contribution in [2.45, 2.75) is 16.2 Å². The van der Waals surface area contributed by atoms with Gasteiger partial charge < -0.3 is 0 Å². The Kier molecular flexibility index (Phi) is 6.47. The van der Waals surface area contributed by atoms with Crippen molar-refractivity contribution in [1.82, 2.24) is 0 Å². The molecule has 0 radical (unpaired) electrons. The lowest BCUT2D eigenvalue weighted by Crippen LogP contribution is -1.96. The molecule has 0 aliphatic carbocycles. The average Bonchev–Trinajstić information content (AvgIpc) is 2.40. The molecule has 0 saturated heterocycles. The minimum Gasteiger partial charge on any atom is -0.282 e. The van der Waals surface area contributed by atoms with Crippen LogP contribution in [0.3, 0.4) is 0 Å². The summed E-state index contributed by atoms with van der Waals surface area (Å²) < 4.78 is 30.7. The largest absolute Gasteiger partial charge is 0.294 e. The van der Waals surface area contributed by atoms with Crippen molar-refractivity contribution in [3.63, 3.8) is 0 Å². The molecule has 0 saturated carbocycles. The number of hydrogen-bond acceptors (Lipinski definition) is 2. The molecule has 1 N–H and O–H groups in total. The second kappa shape index (κ2) is 7.62. The van der Waals surface area contributed by atoms with Crippen molar-refractivity contribution in [1.29, 1.82) is 0 Å². The van der Waals surface area contributed by atoms with Crippen molar-refractivity contribution >= 4 is 32.7 Å². The van der Waals surface area contributed by atoms with Gasteiger partial charge in [-0.15, -0.1) is 0 Å². The van der Waals surface area contributed by atoms with Gasteiger partial charge in [-0.1, -0.05) is 70.6 Å². The molecule has 0 fully saturated rings. The fraction of sp³-hybridized carbons (Fsp3) is 0.143. The summed E-state index contributed by atoms with van der Waals surface area (Å²) in [5.74, 6) is 0. The Morgan fingerprint density at radius 3 is 1.89 bits per heavy atom. The summed E-state index contributed by atoms with van der Waals surface area (Å²) in [6.45, 7) is 1.84. The quantitative estimate of drug-likeness (QED) is 0.481. The SMILES string of the molecule is Cc1ccc(S(=O)(=O)O)cc1.ICc1ccccc1. The van der Waals surface area contributed by atoms with Crippen molar-refractivity contribution in [3.8, 4) is 0 Å². The maximum Gasteiger partial charge on any atom is 0.294 e. The molecule has 19 heavy (non-hydrogen) atoms. The van der Waals surface area contributed by atoms with Gasteiger partial charge in [-0.2, -0.15) is 8.42 Å². The number of rotatable bonds is 2. The highest BCUT2D eigenvalue weighted by Crippen LogP contribution is 2.08. The van der Waals surface area contributed by atoms with Crippen LogP contribution in [0, 0.1) is 6.92 Å². The van der Waals surface area contributed by atoms with E-state index >= 15 is 0 Å². The Balaban J connectivity index is 0.000000200. The van der Waals surface area contributed by atoms with Gasteiger partial charge in [0.15, 0.2) is 0 Å². The predicted molar refractivity (Wildman–Crippen MR) is 85.2 cm³/mol. The van der Waals surface area contributed by atoms with Crippen LogP contribution in [-0.2, 0) is 14.5 Å². The first-order valence-corrected chi connectivity index (χ1v) is 8.54. The highest BCUT2D eigenvalue weighted by Gasteiger charge is 2.06. The van der Waals surface area contributed by atoms with E-state index in [4.69, 9.17) is 4.55 Å². The van der Waals surface area contributed by atoms with Gasteiger partial charge in [0, 0.05) is 4.43 Å². The first-order valence-electron chi connectivity index (χ1n) is 5.57. The van der Waals surface area contributed by atoms with Gasteiger partial charge in [-0.25, -0.2) is 0 Å². The van der Waals surface area contributed by atoms with Gasteiger partial charge in [0.25, 0.3) is 10.1 Å². The molecule has 5 heteroatoms. The van der Waals surface area contributed by atoms with Crippen LogP contribution in [0.2, 0.25) is 0 Å². The highest BCUT2D eigenvalue weighted by molar-refractivity contribution is 14.1. The van der Waals surface area contributed by atoms with Crippen LogP contribution in [0.15, 0.2) is 59.5 Å². The van der Waals surface area contributed by atoms with E-state index in [1.54, 1.807) is 12.1 Å². The normalized spacial score (nSPS) is 10.5. The van der Waals surface area contributed by atoms with Crippen LogP contribution in [0.5, 0.6) is 0 Å². The van der Waals surface area contributed by atoms with Crippen molar-refractivity contribution < 1.29 is 13.0 Å². The summed E-state index contributed by atoms with van der Waals surface area (Å²) >= 11 is 2.35. The van der Waals surface area contributed by atoms with Gasteiger partial charge in [-0.05, 0) is 24.6 Å². The van der Waals surface area contributed by atoms with Crippen molar-refractivity contribution in [2.24, 2.45) is 0 Å². The molecule has 0 spiro atoms. The summed E-state index contributed by atoms with van der Waals surface area (Å²) in [5, 5.41) is 0. The van der Waals surface area contributed by atoms with E-state index in [-0.39, 0.29) is 4.90 Å². The first kappa shape index (κ1) is 16.1. The number of aryl methyl sites for hydroxylation is 1. The molecule has 0 aromatic heterocycles. The lowest BCUT2D eigenvalue weighted by Gasteiger charge is -1.95.